The van der Waals surface area contributed by atoms with Crippen LogP contribution in [0, 0.1) is 6.92 Å². The number of aromatic nitrogens is 2. The van der Waals surface area contributed by atoms with Crippen molar-refractivity contribution in [2.24, 2.45) is 0 Å². The van der Waals surface area contributed by atoms with Crippen LogP contribution < -0.4 is 5.56 Å². The summed E-state index contributed by atoms with van der Waals surface area (Å²) in [5.74, 6) is 0.443. The lowest BCUT2D eigenvalue weighted by Gasteiger charge is -2.22. The minimum Gasteiger partial charge on any atom is -0.361 e. The van der Waals surface area contributed by atoms with E-state index in [0.29, 0.717) is 18.0 Å². The fourth-order valence-electron chi connectivity index (χ4n) is 3.44. The van der Waals surface area contributed by atoms with Gasteiger partial charge in [0, 0.05) is 18.3 Å². The van der Waals surface area contributed by atoms with Crippen LogP contribution in [0.2, 0.25) is 0 Å². The first-order chi connectivity index (χ1) is 12.6. The van der Waals surface area contributed by atoms with Crippen LogP contribution in [0.4, 0.5) is 0 Å². The van der Waals surface area contributed by atoms with Gasteiger partial charge in [-0.15, -0.1) is 0 Å². The van der Waals surface area contributed by atoms with E-state index in [9.17, 15) is 9.59 Å². The second-order valence-corrected chi connectivity index (χ2v) is 6.50. The minimum absolute atomic E-state index is 0.145. The summed E-state index contributed by atoms with van der Waals surface area (Å²) >= 11 is 0. The molecule has 4 rings (SSSR count). The molecule has 6 nitrogen and oxygen atoms in total. The van der Waals surface area contributed by atoms with Gasteiger partial charge in [-0.2, -0.15) is 0 Å². The first-order valence-corrected chi connectivity index (χ1v) is 8.66. The van der Waals surface area contributed by atoms with E-state index in [4.69, 9.17) is 4.52 Å². The summed E-state index contributed by atoms with van der Waals surface area (Å²) in [7, 11) is 0. The van der Waals surface area contributed by atoms with Crippen molar-refractivity contribution in [1.29, 1.82) is 0 Å². The number of aromatic amines is 1. The Kier molecular flexibility index (Phi) is 4.16. The monoisotopic (exact) mass is 349 g/mol. The Morgan fingerprint density at radius 3 is 2.73 bits per heavy atom. The molecule has 0 saturated carbocycles. The average molecular weight is 349 g/mol. The van der Waals surface area contributed by atoms with Crippen molar-refractivity contribution >= 4 is 5.91 Å². The number of nitrogens with one attached hydrogen (secondary N) is 1. The number of likely N-dealkylation sites (tertiary alicyclic amines) is 1. The molecule has 1 N–H and O–H groups in total. The molecule has 0 spiro atoms. The number of pyridine rings is 1. The average Bonchev–Trinajstić information content (AvgIpc) is 3.30. The van der Waals surface area contributed by atoms with Gasteiger partial charge in [-0.25, -0.2) is 0 Å². The van der Waals surface area contributed by atoms with Crippen LogP contribution in [0.15, 0.2) is 57.8 Å². The van der Waals surface area contributed by atoms with Crippen LogP contribution in [-0.4, -0.2) is 27.5 Å². The van der Waals surface area contributed by atoms with Gasteiger partial charge in [-0.1, -0.05) is 35.5 Å². The van der Waals surface area contributed by atoms with E-state index in [1.807, 2.05) is 43.3 Å². The van der Waals surface area contributed by atoms with Crippen LogP contribution in [0.25, 0.3) is 11.3 Å². The normalized spacial score (nSPS) is 16.8. The van der Waals surface area contributed by atoms with Crippen molar-refractivity contribution in [2.45, 2.75) is 25.8 Å². The maximum atomic E-state index is 13.0. The highest BCUT2D eigenvalue weighted by atomic mass is 16.5. The summed E-state index contributed by atoms with van der Waals surface area (Å²) in [5.41, 5.74) is 2.11. The molecule has 26 heavy (non-hydrogen) atoms. The number of amides is 1. The predicted molar refractivity (Wildman–Crippen MR) is 96.8 cm³/mol. The molecule has 1 aromatic carbocycles. The van der Waals surface area contributed by atoms with E-state index >= 15 is 0 Å². The minimum atomic E-state index is -0.377. The lowest BCUT2D eigenvalue weighted by Crippen LogP contribution is -2.34. The molecular weight excluding hydrogens is 330 g/mol. The Morgan fingerprint density at radius 2 is 2.04 bits per heavy atom. The molecule has 2 aromatic heterocycles. The summed E-state index contributed by atoms with van der Waals surface area (Å²) in [6, 6.07) is 14.6. The zero-order chi connectivity index (χ0) is 18.1. The Labute approximate surface area is 150 Å². The maximum Gasteiger partial charge on any atom is 0.261 e. The zero-order valence-corrected chi connectivity index (χ0v) is 14.4. The second-order valence-electron chi connectivity index (χ2n) is 6.50. The Balaban J connectivity index is 1.63. The summed E-state index contributed by atoms with van der Waals surface area (Å²) in [4.78, 5) is 30.0. The van der Waals surface area contributed by atoms with Crippen molar-refractivity contribution in [1.82, 2.24) is 15.0 Å². The smallest absolute Gasteiger partial charge is 0.261 e. The summed E-state index contributed by atoms with van der Waals surface area (Å²) in [5, 5.41) is 4.05. The van der Waals surface area contributed by atoms with Crippen LogP contribution >= 0.6 is 0 Å². The lowest BCUT2D eigenvalue weighted by atomic mass is 10.1. The molecule has 1 saturated heterocycles. The SMILES string of the molecule is Cc1cc([C@H]2CCCN2C(=O)c2ccc(-c3ccccc3)[nH]c2=O)no1. The fraction of sp³-hybridized carbons (Fsp3) is 0.250. The molecule has 3 aromatic rings. The van der Waals surface area contributed by atoms with E-state index < -0.39 is 0 Å². The molecule has 132 valence electrons. The van der Waals surface area contributed by atoms with Gasteiger partial charge >= 0.3 is 0 Å². The highest BCUT2D eigenvalue weighted by Crippen LogP contribution is 2.32. The van der Waals surface area contributed by atoms with Gasteiger partial charge in [0.2, 0.25) is 0 Å². The number of rotatable bonds is 3. The van der Waals surface area contributed by atoms with Gasteiger partial charge in [0.25, 0.3) is 11.5 Å². The molecule has 1 amide bonds. The number of hydrogen-bond donors (Lipinski definition) is 1. The highest BCUT2D eigenvalue weighted by Gasteiger charge is 2.33. The largest absolute Gasteiger partial charge is 0.361 e. The van der Waals surface area contributed by atoms with Crippen LogP contribution in [-0.2, 0) is 0 Å². The molecule has 1 aliphatic rings. The van der Waals surface area contributed by atoms with E-state index in [1.165, 1.54) is 0 Å². The topological polar surface area (TPSA) is 79.2 Å². The third-order valence-electron chi connectivity index (χ3n) is 4.73. The third kappa shape index (κ3) is 2.94. The number of hydrogen-bond acceptors (Lipinski definition) is 4. The van der Waals surface area contributed by atoms with Crippen LogP contribution in [0.5, 0.6) is 0 Å². The number of aryl methyl sites for hydroxylation is 1. The second kappa shape index (κ2) is 6.63. The molecule has 1 atom stereocenters. The number of benzene rings is 1. The van der Waals surface area contributed by atoms with Gasteiger partial charge in [0.1, 0.15) is 17.0 Å². The number of carbonyl (C=O) groups is 1. The van der Waals surface area contributed by atoms with Gasteiger partial charge < -0.3 is 14.4 Å². The Morgan fingerprint density at radius 1 is 1.23 bits per heavy atom. The lowest BCUT2D eigenvalue weighted by molar-refractivity contribution is 0.0729. The third-order valence-corrected chi connectivity index (χ3v) is 4.73. The molecule has 3 heterocycles. The number of H-pyrrole nitrogens is 1. The molecule has 0 bridgehead atoms. The molecule has 6 heteroatoms. The number of nitrogens with zero attached hydrogens (tertiary/aromatic N) is 2. The molecule has 1 aliphatic heterocycles. The zero-order valence-electron chi connectivity index (χ0n) is 14.4. The molecule has 0 aliphatic carbocycles. The molecule has 0 radical (unpaired) electrons. The van der Waals surface area contributed by atoms with E-state index in [1.54, 1.807) is 17.0 Å². The summed E-state index contributed by atoms with van der Waals surface area (Å²) < 4.78 is 5.14. The predicted octanol–water partition coefficient (Wildman–Crippen LogP) is 3.32. The molecular formula is C20H19N3O3. The van der Waals surface area contributed by atoms with Crippen molar-refractivity contribution in [3.8, 4) is 11.3 Å². The van der Waals surface area contributed by atoms with E-state index in [0.717, 1.165) is 24.1 Å². The quantitative estimate of drug-likeness (QED) is 0.787. The maximum absolute atomic E-state index is 13.0. The molecule has 1 fully saturated rings. The van der Waals surface area contributed by atoms with Gasteiger partial charge in [-0.05, 0) is 37.5 Å². The van der Waals surface area contributed by atoms with Gasteiger partial charge in [0.05, 0.1) is 6.04 Å². The highest BCUT2D eigenvalue weighted by molar-refractivity contribution is 5.94. The first-order valence-electron chi connectivity index (χ1n) is 8.66. The van der Waals surface area contributed by atoms with Crippen molar-refractivity contribution in [3.63, 3.8) is 0 Å². The van der Waals surface area contributed by atoms with Crippen molar-refractivity contribution in [3.05, 3.63) is 75.9 Å². The van der Waals surface area contributed by atoms with Crippen LogP contribution in [0.1, 0.15) is 40.7 Å². The first kappa shape index (κ1) is 16.3. The Bertz CT molecular complexity index is 991. The van der Waals surface area contributed by atoms with E-state index in [2.05, 4.69) is 10.1 Å². The van der Waals surface area contributed by atoms with E-state index in [-0.39, 0.29) is 23.1 Å². The van der Waals surface area contributed by atoms with Crippen molar-refractivity contribution in [2.75, 3.05) is 6.54 Å². The van der Waals surface area contributed by atoms with Crippen molar-refractivity contribution < 1.29 is 9.32 Å². The summed E-state index contributed by atoms with van der Waals surface area (Å²) in [6.07, 6.45) is 1.69. The van der Waals surface area contributed by atoms with Gasteiger partial charge in [-0.3, -0.25) is 9.59 Å². The van der Waals surface area contributed by atoms with Crippen LogP contribution in [0.3, 0.4) is 0 Å². The molecule has 0 unspecified atom stereocenters. The number of carbonyl (C=O) groups excluding carboxylic acids is 1. The summed E-state index contributed by atoms with van der Waals surface area (Å²) in [6.45, 7) is 2.43. The fourth-order valence-corrected chi connectivity index (χ4v) is 3.44. The Hall–Kier alpha value is -3.15. The standard InChI is InChI=1S/C20H19N3O3/c1-13-12-17(22-26-13)18-8-5-11-23(18)20(25)15-9-10-16(21-19(15)24)14-6-3-2-4-7-14/h2-4,6-7,9-10,12,18H,5,8,11H2,1H3,(H,21,24)/t18-/m1/s1. The van der Waals surface area contributed by atoms with Gasteiger partial charge in [0.15, 0.2) is 0 Å².